The molecule has 2 heterocycles. The van der Waals surface area contributed by atoms with Gasteiger partial charge >= 0.3 is 5.97 Å². The van der Waals surface area contributed by atoms with Gasteiger partial charge in [0.1, 0.15) is 0 Å². The highest BCUT2D eigenvalue weighted by Gasteiger charge is 2.26. The molecule has 0 aliphatic carbocycles. The van der Waals surface area contributed by atoms with E-state index in [1.165, 1.54) is 12.3 Å². The van der Waals surface area contributed by atoms with Gasteiger partial charge in [0.15, 0.2) is 11.6 Å². The molecule has 1 aliphatic rings. The standard InChI is InChI=1S/C11H12ClFN2O2/c12-8-5-9(13)10(14-6-8)15-3-1-7(2-4-15)11(16)17/h5-7H,1-4H2,(H,16,17). The first kappa shape index (κ1) is 12.1. The van der Waals surface area contributed by atoms with Gasteiger partial charge in [-0.05, 0) is 18.9 Å². The predicted molar refractivity (Wildman–Crippen MR) is 61.8 cm³/mol. The third kappa shape index (κ3) is 2.66. The van der Waals surface area contributed by atoms with Gasteiger partial charge in [-0.3, -0.25) is 4.79 Å². The van der Waals surface area contributed by atoms with Crippen molar-refractivity contribution in [1.29, 1.82) is 0 Å². The normalized spacial score (nSPS) is 17.2. The molecule has 1 aromatic rings. The summed E-state index contributed by atoms with van der Waals surface area (Å²) in [7, 11) is 0. The van der Waals surface area contributed by atoms with E-state index in [0.717, 1.165) is 0 Å². The molecule has 0 saturated carbocycles. The number of carboxylic acids is 1. The topological polar surface area (TPSA) is 53.4 Å². The van der Waals surface area contributed by atoms with Gasteiger partial charge in [0.05, 0.1) is 10.9 Å². The van der Waals surface area contributed by atoms with Crippen LogP contribution in [0.5, 0.6) is 0 Å². The van der Waals surface area contributed by atoms with Gasteiger partial charge in [0.25, 0.3) is 0 Å². The second kappa shape index (κ2) is 4.87. The first-order valence-electron chi connectivity index (χ1n) is 5.36. The number of carbonyl (C=O) groups is 1. The highest BCUT2D eigenvalue weighted by Crippen LogP contribution is 2.25. The van der Waals surface area contributed by atoms with Crippen LogP contribution in [0.25, 0.3) is 0 Å². The minimum atomic E-state index is -0.783. The molecule has 0 aromatic carbocycles. The quantitative estimate of drug-likeness (QED) is 0.883. The Morgan fingerprint density at radius 1 is 1.53 bits per heavy atom. The van der Waals surface area contributed by atoms with Gasteiger partial charge < -0.3 is 10.0 Å². The molecule has 0 bridgehead atoms. The van der Waals surface area contributed by atoms with Crippen LogP contribution in [0.1, 0.15) is 12.8 Å². The highest BCUT2D eigenvalue weighted by atomic mass is 35.5. The van der Waals surface area contributed by atoms with Crippen molar-refractivity contribution in [2.75, 3.05) is 18.0 Å². The van der Waals surface area contributed by atoms with Crippen LogP contribution in [-0.2, 0) is 4.79 Å². The Hall–Kier alpha value is -1.36. The molecular formula is C11H12ClFN2O2. The Bertz CT molecular complexity index is 433. The van der Waals surface area contributed by atoms with Gasteiger partial charge in [0.2, 0.25) is 0 Å². The summed E-state index contributed by atoms with van der Waals surface area (Å²) in [5.41, 5.74) is 0. The van der Waals surface area contributed by atoms with Crippen LogP contribution in [0.2, 0.25) is 5.02 Å². The van der Waals surface area contributed by atoms with Crippen LogP contribution in [0, 0.1) is 11.7 Å². The molecule has 1 fully saturated rings. The fourth-order valence-electron chi connectivity index (χ4n) is 1.98. The predicted octanol–water partition coefficient (Wildman–Crippen LogP) is 2.18. The minimum absolute atomic E-state index is 0.248. The lowest BCUT2D eigenvalue weighted by Gasteiger charge is -2.31. The van der Waals surface area contributed by atoms with Crippen molar-refractivity contribution in [3.63, 3.8) is 0 Å². The third-order valence-corrected chi connectivity index (χ3v) is 3.14. The molecule has 1 aromatic heterocycles. The summed E-state index contributed by atoms with van der Waals surface area (Å²) in [6.45, 7) is 1.00. The molecule has 17 heavy (non-hydrogen) atoms. The Balaban J connectivity index is 2.08. The summed E-state index contributed by atoms with van der Waals surface area (Å²) < 4.78 is 13.6. The van der Waals surface area contributed by atoms with E-state index in [1.807, 2.05) is 0 Å². The molecule has 6 heteroatoms. The maximum absolute atomic E-state index is 13.6. The smallest absolute Gasteiger partial charge is 0.306 e. The number of anilines is 1. The Labute approximate surface area is 103 Å². The highest BCUT2D eigenvalue weighted by molar-refractivity contribution is 6.30. The van der Waals surface area contributed by atoms with Crippen molar-refractivity contribution in [3.05, 3.63) is 23.1 Å². The summed E-state index contributed by atoms with van der Waals surface area (Å²) >= 11 is 5.62. The number of nitrogens with zero attached hydrogens (tertiary/aromatic N) is 2. The maximum Gasteiger partial charge on any atom is 0.306 e. The monoisotopic (exact) mass is 258 g/mol. The SMILES string of the molecule is O=C(O)C1CCN(c2ncc(Cl)cc2F)CC1. The zero-order valence-corrected chi connectivity index (χ0v) is 9.82. The van der Waals surface area contributed by atoms with E-state index in [9.17, 15) is 9.18 Å². The number of rotatable bonds is 2. The van der Waals surface area contributed by atoms with E-state index in [4.69, 9.17) is 16.7 Å². The number of aromatic nitrogens is 1. The van der Waals surface area contributed by atoms with Crippen molar-refractivity contribution < 1.29 is 14.3 Å². The molecule has 1 aliphatic heterocycles. The third-order valence-electron chi connectivity index (χ3n) is 2.93. The van der Waals surface area contributed by atoms with Crippen molar-refractivity contribution in [2.24, 2.45) is 5.92 Å². The van der Waals surface area contributed by atoms with Gasteiger partial charge in [-0.25, -0.2) is 9.37 Å². The number of piperidine rings is 1. The molecular weight excluding hydrogens is 247 g/mol. The second-order valence-corrected chi connectivity index (χ2v) is 4.49. The van der Waals surface area contributed by atoms with Crippen molar-refractivity contribution in [1.82, 2.24) is 4.98 Å². The van der Waals surface area contributed by atoms with Gasteiger partial charge in [-0.2, -0.15) is 0 Å². The molecule has 0 unspecified atom stereocenters. The molecule has 1 saturated heterocycles. The number of hydrogen-bond acceptors (Lipinski definition) is 3. The lowest BCUT2D eigenvalue weighted by Crippen LogP contribution is -2.37. The fourth-order valence-corrected chi connectivity index (χ4v) is 2.12. The Morgan fingerprint density at radius 3 is 2.71 bits per heavy atom. The summed E-state index contributed by atoms with van der Waals surface area (Å²) in [5, 5.41) is 9.12. The molecule has 1 N–H and O–H groups in total. The molecule has 0 radical (unpaired) electrons. The van der Waals surface area contributed by atoms with E-state index < -0.39 is 11.8 Å². The summed E-state index contributed by atoms with van der Waals surface area (Å²) in [6, 6.07) is 1.22. The molecule has 0 amide bonds. The average Bonchev–Trinajstić information content (AvgIpc) is 2.29. The van der Waals surface area contributed by atoms with Crippen LogP contribution < -0.4 is 4.90 Å². The van der Waals surface area contributed by atoms with Crippen LogP contribution in [0.3, 0.4) is 0 Å². The summed E-state index contributed by atoms with van der Waals surface area (Å²) in [6.07, 6.45) is 2.42. The Morgan fingerprint density at radius 2 is 2.18 bits per heavy atom. The van der Waals surface area contributed by atoms with Crippen molar-refractivity contribution in [2.45, 2.75) is 12.8 Å². The number of carboxylic acid groups (broad SMARTS) is 1. The zero-order chi connectivity index (χ0) is 12.4. The van der Waals surface area contributed by atoms with Crippen molar-refractivity contribution >= 4 is 23.4 Å². The second-order valence-electron chi connectivity index (χ2n) is 4.06. The lowest BCUT2D eigenvalue weighted by molar-refractivity contribution is -0.142. The van der Waals surface area contributed by atoms with E-state index in [2.05, 4.69) is 4.98 Å². The Kier molecular flexibility index (Phi) is 3.47. The maximum atomic E-state index is 13.6. The van der Waals surface area contributed by atoms with Crippen LogP contribution in [0.15, 0.2) is 12.3 Å². The van der Waals surface area contributed by atoms with Crippen LogP contribution in [0.4, 0.5) is 10.2 Å². The zero-order valence-electron chi connectivity index (χ0n) is 9.07. The van der Waals surface area contributed by atoms with E-state index in [-0.39, 0.29) is 16.8 Å². The number of aliphatic carboxylic acids is 1. The van der Waals surface area contributed by atoms with E-state index in [1.54, 1.807) is 4.90 Å². The average molecular weight is 259 g/mol. The van der Waals surface area contributed by atoms with E-state index >= 15 is 0 Å². The first-order chi connectivity index (χ1) is 8.08. The molecule has 2 rings (SSSR count). The van der Waals surface area contributed by atoms with Crippen LogP contribution in [-0.4, -0.2) is 29.1 Å². The summed E-state index contributed by atoms with van der Waals surface area (Å²) in [4.78, 5) is 16.5. The number of hydrogen-bond donors (Lipinski definition) is 1. The van der Waals surface area contributed by atoms with Crippen LogP contribution >= 0.6 is 11.6 Å². The largest absolute Gasteiger partial charge is 0.481 e. The molecule has 4 nitrogen and oxygen atoms in total. The molecule has 0 atom stereocenters. The van der Waals surface area contributed by atoms with Gasteiger partial charge in [0, 0.05) is 19.3 Å². The molecule has 92 valence electrons. The van der Waals surface area contributed by atoms with E-state index in [0.29, 0.717) is 25.9 Å². The minimum Gasteiger partial charge on any atom is -0.481 e. The first-order valence-corrected chi connectivity index (χ1v) is 5.74. The van der Waals surface area contributed by atoms with Gasteiger partial charge in [-0.15, -0.1) is 0 Å². The molecule has 0 spiro atoms. The van der Waals surface area contributed by atoms with Crippen molar-refractivity contribution in [3.8, 4) is 0 Å². The number of halogens is 2. The van der Waals surface area contributed by atoms with Gasteiger partial charge in [-0.1, -0.05) is 11.6 Å². The lowest BCUT2D eigenvalue weighted by atomic mass is 9.97. The fraction of sp³-hybridized carbons (Fsp3) is 0.455. The number of pyridine rings is 1. The summed E-state index contributed by atoms with van der Waals surface area (Å²) in [5.74, 6) is -1.33.